The number of fused-ring (bicyclic) bond motifs is 1. The number of aromatic nitrogens is 3. The van der Waals surface area contributed by atoms with Crippen molar-refractivity contribution in [3.8, 4) is 0 Å². The summed E-state index contributed by atoms with van der Waals surface area (Å²) in [6.07, 6.45) is 4.68. The monoisotopic (exact) mass is 723 g/mol. The Morgan fingerprint density at radius 3 is 2.33 bits per heavy atom. The molecule has 2 amide bonds. The third kappa shape index (κ3) is 9.94. The predicted octanol–water partition coefficient (Wildman–Crippen LogP) is 3.35. The minimum Gasteiger partial charge on any atom is -0.480 e. The first-order chi connectivity index (χ1) is 23.9. The van der Waals surface area contributed by atoms with Gasteiger partial charge in [-0.05, 0) is 76.8 Å². The fourth-order valence-electron chi connectivity index (χ4n) is 5.67. The Morgan fingerprint density at radius 2 is 1.73 bits per heavy atom. The largest absolute Gasteiger partial charge is 0.480 e. The summed E-state index contributed by atoms with van der Waals surface area (Å²) in [6, 6.07) is 6.81. The van der Waals surface area contributed by atoms with Crippen LogP contribution in [0, 0.1) is 20.8 Å². The van der Waals surface area contributed by atoms with Crippen molar-refractivity contribution < 1.29 is 32.6 Å². The Hall–Kier alpha value is -5.22. The van der Waals surface area contributed by atoms with Crippen LogP contribution in [0.25, 0.3) is 10.9 Å². The van der Waals surface area contributed by atoms with E-state index in [2.05, 4.69) is 25.7 Å². The van der Waals surface area contributed by atoms with Crippen molar-refractivity contribution in [1.82, 2.24) is 29.5 Å². The summed E-state index contributed by atoms with van der Waals surface area (Å²) in [4.78, 5) is 55.6. The van der Waals surface area contributed by atoms with E-state index >= 15 is 0 Å². The van der Waals surface area contributed by atoms with Crippen LogP contribution < -0.4 is 26.1 Å². The maximum Gasteiger partial charge on any atom is 0.407 e. The van der Waals surface area contributed by atoms with Crippen LogP contribution in [-0.2, 0) is 39.7 Å². The summed E-state index contributed by atoms with van der Waals surface area (Å²) >= 11 is 0. The van der Waals surface area contributed by atoms with E-state index in [9.17, 15) is 32.7 Å². The van der Waals surface area contributed by atoms with Crippen LogP contribution in [0.1, 0.15) is 59.8 Å². The van der Waals surface area contributed by atoms with Crippen LogP contribution in [0.2, 0.25) is 0 Å². The highest BCUT2D eigenvalue weighted by Gasteiger charge is 2.29. The Morgan fingerprint density at radius 1 is 1.04 bits per heavy atom. The molecular weight excluding hydrogens is 678 g/mol. The first-order valence-corrected chi connectivity index (χ1v) is 17.8. The zero-order valence-corrected chi connectivity index (χ0v) is 30.6. The number of hydrogen-bond acceptors (Lipinski definition) is 9. The lowest BCUT2D eigenvalue weighted by molar-refractivity contribution is -0.138. The molecule has 0 aliphatic heterocycles. The molecule has 0 saturated heterocycles. The van der Waals surface area contributed by atoms with Gasteiger partial charge in [0.2, 0.25) is 21.4 Å². The molecule has 0 fully saturated rings. The first-order valence-electron chi connectivity index (χ1n) is 16.3. The van der Waals surface area contributed by atoms with Gasteiger partial charge in [0.25, 0.3) is 5.91 Å². The van der Waals surface area contributed by atoms with Gasteiger partial charge in [-0.15, -0.1) is 0 Å². The number of imidazole rings is 1. The fraction of sp³-hybridized carbons (Fsp3) is 0.400. The third-order valence-corrected chi connectivity index (χ3v) is 9.62. The van der Waals surface area contributed by atoms with Crippen LogP contribution in [-0.4, -0.2) is 70.3 Å². The van der Waals surface area contributed by atoms with E-state index in [1.54, 1.807) is 75.8 Å². The normalized spacial score (nSPS) is 12.4. The molecular formula is C35H45N7O8S. The van der Waals surface area contributed by atoms with Crippen LogP contribution in [0.4, 0.5) is 10.7 Å². The zero-order valence-electron chi connectivity index (χ0n) is 29.8. The minimum atomic E-state index is -4.29. The lowest BCUT2D eigenvalue weighted by Crippen LogP contribution is -2.49. The molecule has 2 aromatic heterocycles. The molecule has 0 aliphatic rings. The van der Waals surface area contributed by atoms with E-state index in [1.807, 2.05) is 24.6 Å². The number of carbonyl (C=O) groups is 3. The van der Waals surface area contributed by atoms with Gasteiger partial charge in [-0.3, -0.25) is 14.4 Å². The van der Waals surface area contributed by atoms with Crippen molar-refractivity contribution in [1.29, 1.82) is 0 Å². The second-order valence-electron chi connectivity index (χ2n) is 13.4. The maximum atomic E-state index is 13.7. The standard InChI is InChI=1S/C35H45N7O8S/c1-21-15-22(2)30(23(3)16-21)51(48,49)40-27(32(45)46)19-38-31(44)26-20-42(13-8-11-37-34(47)50-35(4,5)6)28-17-24(9-10-25(28)29(26)43)18-39-33-36-12-14-41(33)7/h9-10,12,14-17,20,27,40H,8,11,13,18-19H2,1-7H3,(H,36,39)(H,37,47)(H,38,44)(H,45,46). The number of nitrogens with one attached hydrogen (secondary N) is 4. The number of aliphatic carboxylic acids is 1. The van der Waals surface area contributed by atoms with Crippen molar-refractivity contribution >= 4 is 44.8 Å². The summed E-state index contributed by atoms with van der Waals surface area (Å²) < 4.78 is 37.5. The number of carbonyl (C=O) groups excluding carboxylic acids is 2. The number of carboxylic acids is 1. The van der Waals surface area contributed by atoms with Gasteiger partial charge < -0.3 is 34.9 Å². The lowest BCUT2D eigenvalue weighted by Gasteiger charge is -2.20. The van der Waals surface area contributed by atoms with E-state index < -0.39 is 51.6 Å². The minimum absolute atomic E-state index is 0.0428. The van der Waals surface area contributed by atoms with E-state index in [4.69, 9.17) is 4.74 Å². The van der Waals surface area contributed by atoms with Crippen LogP contribution in [0.3, 0.4) is 0 Å². The number of amides is 2. The summed E-state index contributed by atoms with van der Waals surface area (Å²) in [5.74, 6) is -1.74. The zero-order chi connectivity index (χ0) is 37.7. The number of alkyl carbamates (subject to hydrolysis) is 1. The number of carboxylic acid groups (broad SMARTS) is 1. The highest BCUT2D eigenvalue weighted by atomic mass is 32.2. The Kier molecular flexibility index (Phi) is 11.9. The molecule has 4 aromatic rings. The van der Waals surface area contributed by atoms with Gasteiger partial charge >= 0.3 is 12.1 Å². The summed E-state index contributed by atoms with van der Waals surface area (Å²) in [7, 11) is -2.44. The SMILES string of the molecule is Cc1cc(C)c(S(=O)(=O)NC(CNC(=O)c2cn(CCCNC(=O)OC(C)(C)C)c3cc(CNc4nccn4C)ccc3c2=O)C(=O)O)c(C)c1. The number of aryl methyl sites for hydroxylation is 5. The molecule has 2 heterocycles. The summed E-state index contributed by atoms with van der Waals surface area (Å²) in [5.41, 5.74) is 1.59. The summed E-state index contributed by atoms with van der Waals surface area (Å²) in [5, 5.41) is 18.5. The van der Waals surface area contributed by atoms with Gasteiger partial charge in [0.1, 0.15) is 17.2 Å². The molecule has 51 heavy (non-hydrogen) atoms. The number of sulfonamides is 1. The quantitative estimate of drug-likeness (QED) is 0.120. The highest BCUT2D eigenvalue weighted by Crippen LogP contribution is 2.22. The van der Waals surface area contributed by atoms with E-state index in [-0.39, 0.29) is 28.9 Å². The van der Waals surface area contributed by atoms with Crippen LogP contribution in [0.15, 0.2) is 58.6 Å². The van der Waals surface area contributed by atoms with Crippen molar-refractivity contribution in [2.45, 2.75) is 77.6 Å². The summed E-state index contributed by atoms with van der Waals surface area (Å²) in [6.45, 7) is 10.6. The van der Waals surface area contributed by atoms with Crippen LogP contribution >= 0.6 is 0 Å². The molecule has 1 atom stereocenters. The van der Waals surface area contributed by atoms with Gasteiger partial charge in [0.05, 0.1) is 10.4 Å². The van der Waals surface area contributed by atoms with Gasteiger partial charge in [-0.1, -0.05) is 23.8 Å². The molecule has 4 rings (SSSR count). The molecule has 0 spiro atoms. The topological polar surface area (TPSA) is 203 Å². The average molecular weight is 724 g/mol. The number of nitrogens with zero attached hydrogens (tertiary/aromatic N) is 3. The van der Waals surface area contributed by atoms with Gasteiger partial charge in [0.15, 0.2) is 0 Å². The van der Waals surface area contributed by atoms with Crippen molar-refractivity contribution in [2.75, 3.05) is 18.4 Å². The number of anilines is 1. The van der Waals surface area contributed by atoms with Gasteiger partial charge in [0, 0.05) is 57.2 Å². The molecule has 16 heteroatoms. The van der Waals surface area contributed by atoms with Crippen molar-refractivity contribution in [3.63, 3.8) is 0 Å². The number of hydrogen-bond donors (Lipinski definition) is 5. The fourth-order valence-corrected chi connectivity index (χ4v) is 7.31. The number of ether oxygens (including phenoxy) is 1. The Labute approximate surface area is 296 Å². The first kappa shape index (κ1) is 38.6. The number of rotatable bonds is 14. The number of benzene rings is 2. The molecule has 5 N–H and O–H groups in total. The second-order valence-corrected chi connectivity index (χ2v) is 15.0. The predicted molar refractivity (Wildman–Crippen MR) is 192 cm³/mol. The molecule has 1 unspecified atom stereocenters. The molecule has 274 valence electrons. The molecule has 0 radical (unpaired) electrons. The maximum absolute atomic E-state index is 13.7. The molecule has 0 bridgehead atoms. The van der Waals surface area contributed by atoms with Gasteiger partial charge in [-0.2, -0.15) is 4.72 Å². The Bertz CT molecular complexity index is 2090. The van der Waals surface area contributed by atoms with Crippen LogP contribution in [0.5, 0.6) is 0 Å². The smallest absolute Gasteiger partial charge is 0.407 e. The lowest BCUT2D eigenvalue weighted by atomic mass is 10.1. The van der Waals surface area contributed by atoms with E-state index in [1.165, 1.54) is 6.20 Å². The second kappa shape index (κ2) is 15.8. The van der Waals surface area contributed by atoms with Crippen molar-refractivity contribution in [3.05, 3.63) is 87.0 Å². The molecule has 15 nitrogen and oxygen atoms in total. The highest BCUT2D eigenvalue weighted by molar-refractivity contribution is 7.89. The van der Waals surface area contributed by atoms with Gasteiger partial charge in [-0.25, -0.2) is 18.2 Å². The van der Waals surface area contributed by atoms with E-state index in [0.717, 1.165) is 11.1 Å². The molecule has 0 saturated carbocycles. The average Bonchev–Trinajstić information content (AvgIpc) is 3.43. The third-order valence-electron chi connectivity index (χ3n) is 7.84. The Balaban J connectivity index is 1.58. The molecule has 2 aromatic carbocycles. The number of pyridine rings is 1. The van der Waals surface area contributed by atoms with E-state index in [0.29, 0.717) is 35.6 Å². The molecule has 0 aliphatic carbocycles. The van der Waals surface area contributed by atoms with Crippen molar-refractivity contribution in [2.24, 2.45) is 7.05 Å².